The zero-order valence-electron chi connectivity index (χ0n) is 16.1. The van der Waals surface area contributed by atoms with E-state index >= 15 is 0 Å². The molecule has 148 valence electrons. The first-order chi connectivity index (χ1) is 13.8. The van der Waals surface area contributed by atoms with Crippen molar-refractivity contribution in [2.75, 3.05) is 5.32 Å². The van der Waals surface area contributed by atoms with Gasteiger partial charge in [0.1, 0.15) is 17.4 Å². The average Bonchev–Trinajstić information content (AvgIpc) is 2.99. The number of benzene rings is 1. The van der Waals surface area contributed by atoms with Gasteiger partial charge in [-0.2, -0.15) is 5.26 Å². The predicted molar refractivity (Wildman–Crippen MR) is 109 cm³/mol. The van der Waals surface area contributed by atoms with E-state index in [2.05, 4.69) is 10.3 Å². The fourth-order valence-corrected chi connectivity index (χ4v) is 3.72. The molecule has 0 bridgehead atoms. The lowest BCUT2D eigenvalue weighted by Gasteiger charge is -2.14. The van der Waals surface area contributed by atoms with Gasteiger partial charge in [-0.25, -0.2) is 4.98 Å². The number of nitrogens with one attached hydrogen (secondary N) is 1. The second-order valence-corrected chi connectivity index (χ2v) is 7.62. The van der Waals surface area contributed by atoms with Crippen molar-refractivity contribution in [2.45, 2.75) is 33.4 Å². The Bertz CT molecular complexity index is 1210. The minimum Gasteiger partial charge on any atom is -0.451 e. The Labute approximate surface area is 170 Å². The number of hydrogen-bond donors (Lipinski definition) is 1. The van der Waals surface area contributed by atoms with E-state index in [4.69, 9.17) is 10.00 Å². The second kappa shape index (κ2) is 8.24. The van der Waals surface area contributed by atoms with E-state index in [0.29, 0.717) is 21.5 Å². The minimum atomic E-state index is -1.10. The lowest BCUT2D eigenvalue weighted by molar-refractivity contribution is -0.153. The maximum absolute atomic E-state index is 12.6. The van der Waals surface area contributed by atoms with E-state index in [-0.39, 0.29) is 12.1 Å². The molecule has 2 aromatic heterocycles. The van der Waals surface area contributed by atoms with Crippen LogP contribution in [0, 0.1) is 25.2 Å². The second-order valence-electron chi connectivity index (χ2n) is 6.42. The van der Waals surface area contributed by atoms with E-state index in [9.17, 15) is 14.4 Å². The van der Waals surface area contributed by atoms with E-state index < -0.39 is 18.0 Å². The van der Waals surface area contributed by atoms with Gasteiger partial charge in [-0.15, -0.1) is 11.3 Å². The van der Waals surface area contributed by atoms with Crippen LogP contribution >= 0.6 is 11.3 Å². The highest BCUT2D eigenvalue weighted by molar-refractivity contribution is 7.18. The largest absolute Gasteiger partial charge is 0.451 e. The molecule has 8 nitrogen and oxygen atoms in total. The molecular weight excluding hydrogens is 392 g/mol. The number of carbonyl (C=O) groups excluding carboxylic acids is 2. The van der Waals surface area contributed by atoms with Crippen LogP contribution in [0.4, 0.5) is 5.69 Å². The van der Waals surface area contributed by atoms with Gasteiger partial charge in [0.05, 0.1) is 23.0 Å². The Morgan fingerprint density at radius 1 is 1.34 bits per heavy atom. The van der Waals surface area contributed by atoms with Gasteiger partial charge in [-0.1, -0.05) is 12.1 Å². The van der Waals surface area contributed by atoms with Gasteiger partial charge in [0.25, 0.3) is 11.5 Å². The summed E-state index contributed by atoms with van der Waals surface area (Å²) in [7, 11) is 0. The van der Waals surface area contributed by atoms with Crippen LogP contribution in [0.3, 0.4) is 0 Å². The first-order valence-corrected chi connectivity index (χ1v) is 9.58. The Balaban J connectivity index is 1.69. The molecule has 2 heterocycles. The summed E-state index contributed by atoms with van der Waals surface area (Å²) in [5.41, 5.74) is 1.15. The quantitative estimate of drug-likeness (QED) is 0.647. The molecule has 3 aromatic rings. The molecule has 1 N–H and O–H groups in total. The fourth-order valence-electron chi connectivity index (χ4n) is 2.73. The molecule has 0 aliphatic heterocycles. The van der Waals surface area contributed by atoms with Crippen molar-refractivity contribution in [1.82, 2.24) is 9.55 Å². The topological polar surface area (TPSA) is 114 Å². The van der Waals surface area contributed by atoms with E-state index in [1.165, 1.54) is 29.2 Å². The number of para-hydroxylation sites is 1. The SMILES string of the molecule is Cc1sc2ncn(CC(=O)O[C@H](C)C(=O)Nc3ccccc3C#N)c(=O)c2c1C. The predicted octanol–water partition coefficient (Wildman–Crippen LogP) is 2.52. The Hall–Kier alpha value is -3.51. The molecule has 1 aromatic carbocycles. The molecule has 0 radical (unpaired) electrons. The number of esters is 1. The van der Waals surface area contributed by atoms with Crippen molar-refractivity contribution in [3.8, 4) is 6.07 Å². The van der Waals surface area contributed by atoms with Crippen LogP contribution in [-0.4, -0.2) is 27.5 Å². The number of rotatable bonds is 5. The molecule has 0 unspecified atom stereocenters. The van der Waals surface area contributed by atoms with Gasteiger partial charge in [0, 0.05) is 4.88 Å². The number of amides is 1. The number of ether oxygens (including phenoxy) is 1. The van der Waals surface area contributed by atoms with Crippen LogP contribution in [0.5, 0.6) is 0 Å². The number of aromatic nitrogens is 2. The highest BCUT2D eigenvalue weighted by atomic mass is 32.1. The average molecular weight is 410 g/mol. The van der Waals surface area contributed by atoms with Crippen molar-refractivity contribution in [3.63, 3.8) is 0 Å². The molecule has 0 aliphatic rings. The summed E-state index contributed by atoms with van der Waals surface area (Å²) in [4.78, 5) is 43.0. The normalized spacial score (nSPS) is 11.7. The number of carbonyl (C=O) groups is 2. The molecule has 1 amide bonds. The standard InChI is InChI=1S/C20H18N4O4S/c1-11-13(3)29-19-17(11)20(27)24(10-22-19)9-16(25)28-12(2)18(26)23-15-7-5-4-6-14(15)8-21/h4-7,10,12H,9H2,1-3H3,(H,23,26)/t12-/m1/s1. The number of thiophene rings is 1. The molecule has 1 atom stereocenters. The summed E-state index contributed by atoms with van der Waals surface area (Å²) in [5, 5.41) is 12.1. The van der Waals surface area contributed by atoms with Crippen molar-refractivity contribution in [3.05, 3.63) is 57.0 Å². The summed E-state index contributed by atoms with van der Waals surface area (Å²) in [6.07, 6.45) is 0.196. The molecule has 0 saturated carbocycles. The third kappa shape index (κ3) is 4.17. The number of hydrogen-bond acceptors (Lipinski definition) is 7. The van der Waals surface area contributed by atoms with Gasteiger partial charge in [0.2, 0.25) is 0 Å². The van der Waals surface area contributed by atoms with Crippen LogP contribution in [0.15, 0.2) is 35.4 Å². The van der Waals surface area contributed by atoms with Gasteiger partial charge < -0.3 is 10.1 Å². The van der Waals surface area contributed by atoms with E-state index in [0.717, 1.165) is 10.4 Å². The van der Waals surface area contributed by atoms with Crippen LogP contribution in [0.1, 0.15) is 22.9 Å². The third-order valence-corrected chi connectivity index (χ3v) is 5.55. The number of aryl methyl sites for hydroxylation is 2. The summed E-state index contributed by atoms with van der Waals surface area (Å²) < 4.78 is 6.31. The number of anilines is 1. The van der Waals surface area contributed by atoms with Crippen LogP contribution in [0.25, 0.3) is 10.2 Å². The van der Waals surface area contributed by atoms with Crippen molar-refractivity contribution in [2.24, 2.45) is 0 Å². The number of nitrogens with zero attached hydrogens (tertiary/aromatic N) is 3. The summed E-state index contributed by atoms with van der Waals surface area (Å²) in [6, 6.07) is 8.47. The van der Waals surface area contributed by atoms with Gasteiger partial charge in [-0.05, 0) is 38.5 Å². The molecule has 9 heteroatoms. The van der Waals surface area contributed by atoms with E-state index in [1.54, 1.807) is 24.3 Å². The number of nitriles is 1. The maximum atomic E-state index is 12.6. The Morgan fingerprint density at radius 2 is 2.07 bits per heavy atom. The Kier molecular flexibility index (Phi) is 5.75. The summed E-state index contributed by atoms with van der Waals surface area (Å²) >= 11 is 1.42. The lowest BCUT2D eigenvalue weighted by Crippen LogP contribution is -2.33. The summed E-state index contributed by atoms with van der Waals surface area (Å²) in [5.74, 6) is -1.32. The molecule has 3 rings (SSSR count). The van der Waals surface area contributed by atoms with Crippen molar-refractivity contribution in [1.29, 1.82) is 5.26 Å². The maximum Gasteiger partial charge on any atom is 0.326 e. The van der Waals surface area contributed by atoms with Gasteiger partial charge in [-0.3, -0.25) is 19.0 Å². The zero-order chi connectivity index (χ0) is 21.1. The third-order valence-electron chi connectivity index (χ3n) is 4.44. The first-order valence-electron chi connectivity index (χ1n) is 8.76. The van der Waals surface area contributed by atoms with Gasteiger partial charge in [0.15, 0.2) is 6.10 Å². The molecule has 29 heavy (non-hydrogen) atoms. The van der Waals surface area contributed by atoms with E-state index in [1.807, 2.05) is 19.9 Å². The molecule has 0 fully saturated rings. The summed E-state index contributed by atoms with van der Waals surface area (Å²) in [6.45, 7) is 4.80. The van der Waals surface area contributed by atoms with Crippen LogP contribution in [-0.2, 0) is 20.9 Å². The van der Waals surface area contributed by atoms with Crippen LogP contribution in [0.2, 0.25) is 0 Å². The fraction of sp³-hybridized carbons (Fsp3) is 0.250. The van der Waals surface area contributed by atoms with Crippen molar-refractivity contribution < 1.29 is 14.3 Å². The van der Waals surface area contributed by atoms with Gasteiger partial charge >= 0.3 is 5.97 Å². The highest BCUT2D eigenvalue weighted by Gasteiger charge is 2.20. The van der Waals surface area contributed by atoms with Crippen molar-refractivity contribution >= 4 is 39.1 Å². The molecular formula is C20H18N4O4S. The highest BCUT2D eigenvalue weighted by Crippen LogP contribution is 2.25. The minimum absolute atomic E-state index is 0.298. The lowest BCUT2D eigenvalue weighted by atomic mass is 10.2. The molecule has 0 aliphatic carbocycles. The Morgan fingerprint density at radius 3 is 2.79 bits per heavy atom. The molecule has 0 saturated heterocycles. The first kappa shape index (κ1) is 20.2. The smallest absolute Gasteiger partial charge is 0.326 e. The van der Waals surface area contributed by atoms with Crippen LogP contribution < -0.4 is 10.9 Å². The number of fused-ring (bicyclic) bond motifs is 1. The molecule has 0 spiro atoms. The monoisotopic (exact) mass is 410 g/mol. The zero-order valence-corrected chi connectivity index (χ0v) is 16.9.